The predicted molar refractivity (Wildman–Crippen MR) is 94.4 cm³/mol. The van der Waals surface area contributed by atoms with E-state index in [1.807, 2.05) is 0 Å². The zero-order chi connectivity index (χ0) is 16.1. The number of carbonyl (C=O) groups excluding carboxylic acids is 1. The minimum Gasteiger partial charge on any atom is -0.341 e. The van der Waals surface area contributed by atoms with Crippen molar-refractivity contribution in [2.24, 2.45) is 5.92 Å². The third-order valence-corrected chi connectivity index (χ3v) is 5.85. The molecule has 1 aliphatic carbocycles. The summed E-state index contributed by atoms with van der Waals surface area (Å²) in [5, 5.41) is 3.40. The van der Waals surface area contributed by atoms with Crippen molar-refractivity contribution in [2.45, 2.75) is 45.6 Å². The molecule has 1 saturated heterocycles. The third-order valence-electron chi connectivity index (χ3n) is 4.81. The van der Waals surface area contributed by atoms with Gasteiger partial charge in [0.2, 0.25) is 5.91 Å². The van der Waals surface area contributed by atoms with Crippen molar-refractivity contribution in [2.75, 3.05) is 26.2 Å². The van der Waals surface area contributed by atoms with Gasteiger partial charge in [-0.05, 0) is 32.1 Å². The number of amides is 1. The Kier molecular flexibility index (Phi) is 5.84. The number of aromatic nitrogens is 1. The Labute approximate surface area is 143 Å². The van der Waals surface area contributed by atoms with E-state index in [9.17, 15) is 4.79 Å². The van der Waals surface area contributed by atoms with Crippen LogP contribution in [0.4, 0.5) is 0 Å². The average Bonchev–Trinajstić information content (AvgIpc) is 2.92. The zero-order valence-corrected chi connectivity index (χ0v) is 14.9. The van der Waals surface area contributed by atoms with Gasteiger partial charge in [-0.2, -0.15) is 0 Å². The van der Waals surface area contributed by atoms with Crippen LogP contribution in [0.2, 0.25) is 0 Å². The van der Waals surface area contributed by atoms with E-state index >= 15 is 0 Å². The largest absolute Gasteiger partial charge is 0.341 e. The zero-order valence-electron chi connectivity index (χ0n) is 14.0. The highest BCUT2D eigenvalue weighted by Crippen LogP contribution is 2.21. The minimum absolute atomic E-state index is 0.220. The molecule has 0 saturated carbocycles. The van der Waals surface area contributed by atoms with Crippen LogP contribution in [0.25, 0.3) is 0 Å². The molecule has 1 aliphatic heterocycles. The highest BCUT2D eigenvalue weighted by molar-refractivity contribution is 7.09. The summed E-state index contributed by atoms with van der Waals surface area (Å²) < 4.78 is 0. The van der Waals surface area contributed by atoms with Gasteiger partial charge in [-0.1, -0.05) is 19.1 Å². The molecule has 0 radical (unpaired) electrons. The van der Waals surface area contributed by atoms with Gasteiger partial charge in [0.15, 0.2) is 0 Å². The molecule has 126 valence electrons. The fourth-order valence-corrected chi connectivity index (χ4v) is 4.17. The molecule has 2 heterocycles. The normalized spacial score (nSPS) is 23.0. The first-order valence-corrected chi connectivity index (χ1v) is 9.73. The van der Waals surface area contributed by atoms with Gasteiger partial charge in [0.25, 0.3) is 0 Å². The minimum atomic E-state index is 0.220. The molecule has 0 spiro atoms. The van der Waals surface area contributed by atoms with Gasteiger partial charge in [0, 0.05) is 44.0 Å². The van der Waals surface area contributed by atoms with Crippen molar-refractivity contribution in [3.8, 4) is 0 Å². The standard InChI is InChI=1S/C18H27N3OS/c1-2-17-19-16(14-23-17)13-20-9-6-10-21(12-11-20)18(22)15-7-4-3-5-8-15/h3-4,14-15H,2,5-13H2,1H3/t15-/m1/s1. The van der Waals surface area contributed by atoms with E-state index in [0.717, 1.165) is 64.8 Å². The predicted octanol–water partition coefficient (Wildman–Crippen LogP) is 3.10. The summed E-state index contributed by atoms with van der Waals surface area (Å²) >= 11 is 1.76. The molecular formula is C18H27N3OS. The molecule has 0 N–H and O–H groups in total. The Morgan fingerprint density at radius 1 is 1.30 bits per heavy atom. The van der Waals surface area contributed by atoms with E-state index in [2.05, 4.69) is 39.2 Å². The van der Waals surface area contributed by atoms with Gasteiger partial charge in [-0.25, -0.2) is 4.98 Å². The molecule has 23 heavy (non-hydrogen) atoms. The van der Waals surface area contributed by atoms with E-state index in [-0.39, 0.29) is 5.92 Å². The molecule has 5 heteroatoms. The van der Waals surface area contributed by atoms with Crippen LogP contribution in [0.5, 0.6) is 0 Å². The van der Waals surface area contributed by atoms with Crippen molar-refractivity contribution in [1.82, 2.24) is 14.8 Å². The number of allylic oxidation sites excluding steroid dienone is 2. The second-order valence-corrected chi connectivity index (χ2v) is 7.47. The first-order valence-electron chi connectivity index (χ1n) is 8.85. The highest BCUT2D eigenvalue weighted by atomic mass is 32.1. The van der Waals surface area contributed by atoms with Gasteiger partial charge in [-0.15, -0.1) is 11.3 Å². The van der Waals surface area contributed by atoms with Gasteiger partial charge in [0.1, 0.15) is 0 Å². The first-order chi connectivity index (χ1) is 11.3. The van der Waals surface area contributed by atoms with E-state index < -0.39 is 0 Å². The van der Waals surface area contributed by atoms with Crippen LogP contribution in [-0.2, 0) is 17.8 Å². The molecule has 3 rings (SSSR count). The van der Waals surface area contributed by atoms with Crippen molar-refractivity contribution in [3.05, 3.63) is 28.2 Å². The Bertz CT molecular complexity index is 554. The van der Waals surface area contributed by atoms with Crippen molar-refractivity contribution in [3.63, 3.8) is 0 Å². The van der Waals surface area contributed by atoms with Crippen LogP contribution in [0.1, 0.15) is 43.3 Å². The van der Waals surface area contributed by atoms with Crippen LogP contribution >= 0.6 is 11.3 Å². The van der Waals surface area contributed by atoms with E-state index in [1.165, 1.54) is 10.7 Å². The quantitative estimate of drug-likeness (QED) is 0.795. The van der Waals surface area contributed by atoms with E-state index in [0.29, 0.717) is 5.91 Å². The molecule has 0 unspecified atom stereocenters. The van der Waals surface area contributed by atoms with Crippen LogP contribution in [0.15, 0.2) is 17.5 Å². The van der Waals surface area contributed by atoms with Gasteiger partial charge >= 0.3 is 0 Å². The van der Waals surface area contributed by atoms with Crippen LogP contribution in [0, 0.1) is 5.92 Å². The lowest BCUT2D eigenvalue weighted by Gasteiger charge is -2.27. The second kappa shape index (κ2) is 8.06. The molecule has 0 bridgehead atoms. The molecule has 1 amide bonds. The Balaban J connectivity index is 1.52. The lowest BCUT2D eigenvalue weighted by atomic mass is 9.93. The summed E-state index contributed by atoms with van der Waals surface area (Å²) in [6.07, 6.45) is 9.46. The number of hydrogen-bond donors (Lipinski definition) is 0. The van der Waals surface area contributed by atoms with Gasteiger partial charge < -0.3 is 4.90 Å². The van der Waals surface area contributed by atoms with Crippen molar-refractivity contribution in [1.29, 1.82) is 0 Å². The fraction of sp³-hybridized carbons (Fsp3) is 0.667. The smallest absolute Gasteiger partial charge is 0.226 e. The maximum atomic E-state index is 12.7. The summed E-state index contributed by atoms with van der Waals surface area (Å²) in [6.45, 7) is 6.88. The van der Waals surface area contributed by atoms with E-state index in [1.54, 1.807) is 11.3 Å². The maximum Gasteiger partial charge on any atom is 0.226 e. The lowest BCUT2D eigenvalue weighted by molar-refractivity contribution is -0.135. The Morgan fingerprint density at radius 2 is 2.22 bits per heavy atom. The SMILES string of the molecule is CCc1nc(CN2CCCN(C(=O)[C@@H]3CC=CCC3)CC2)cs1. The lowest BCUT2D eigenvalue weighted by Crippen LogP contribution is -2.39. The van der Waals surface area contributed by atoms with Crippen molar-refractivity contribution >= 4 is 17.2 Å². The number of carbonyl (C=O) groups is 1. The Morgan fingerprint density at radius 3 is 2.96 bits per heavy atom. The second-order valence-electron chi connectivity index (χ2n) is 6.52. The molecule has 1 aromatic rings. The third kappa shape index (κ3) is 4.42. The molecule has 1 fully saturated rings. The van der Waals surface area contributed by atoms with Gasteiger partial charge in [0.05, 0.1) is 10.7 Å². The monoisotopic (exact) mass is 333 g/mol. The molecule has 1 atom stereocenters. The summed E-state index contributed by atoms with van der Waals surface area (Å²) in [5.74, 6) is 0.593. The van der Waals surface area contributed by atoms with E-state index in [4.69, 9.17) is 0 Å². The van der Waals surface area contributed by atoms with Crippen LogP contribution < -0.4 is 0 Å². The van der Waals surface area contributed by atoms with Crippen LogP contribution in [0.3, 0.4) is 0 Å². The molecule has 0 aromatic carbocycles. The summed E-state index contributed by atoms with van der Waals surface area (Å²) in [6, 6.07) is 0. The maximum absolute atomic E-state index is 12.7. The molecule has 1 aromatic heterocycles. The molecular weight excluding hydrogens is 306 g/mol. The topological polar surface area (TPSA) is 36.4 Å². The first kappa shape index (κ1) is 16.7. The molecule has 2 aliphatic rings. The number of rotatable bonds is 4. The number of nitrogens with zero attached hydrogens (tertiary/aromatic N) is 3. The number of hydrogen-bond acceptors (Lipinski definition) is 4. The highest BCUT2D eigenvalue weighted by Gasteiger charge is 2.26. The number of aryl methyl sites for hydroxylation is 1. The number of thiazole rings is 1. The van der Waals surface area contributed by atoms with Crippen LogP contribution in [-0.4, -0.2) is 46.9 Å². The summed E-state index contributed by atoms with van der Waals surface area (Å²) in [4.78, 5) is 21.9. The Hall–Kier alpha value is -1.20. The fourth-order valence-electron chi connectivity index (χ4n) is 3.44. The van der Waals surface area contributed by atoms with Crippen molar-refractivity contribution < 1.29 is 4.79 Å². The molecule has 4 nitrogen and oxygen atoms in total. The van der Waals surface area contributed by atoms with Gasteiger partial charge in [-0.3, -0.25) is 9.69 Å². The average molecular weight is 334 g/mol. The summed E-state index contributed by atoms with van der Waals surface area (Å²) in [7, 11) is 0. The summed E-state index contributed by atoms with van der Waals surface area (Å²) in [5.41, 5.74) is 1.18.